The highest BCUT2D eigenvalue weighted by Crippen LogP contribution is 2.38. The van der Waals surface area contributed by atoms with Crippen molar-refractivity contribution < 1.29 is 24.1 Å². The van der Waals surface area contributed by atoms with Crippen molar-refractivity contribution in [1.82, 2.24) is 0 Å². The van der Waals surface area contributed by atoms with Gasteiger partial charge in [0.25, 0.3) is 0 Å². The molecule has 1 heterocycles. The zero-order chi connectivity index (χ0) is 19.4. The lowest BCUT2D eigenvalue weighted by atomic mass is 10.00. The lowest BCUT2D eigenvalue weighted by Crippen LogP contribution is -2.59. The van der Waals surface area contributed by atoms with Gasteiger partial charge in [-0.2, -0.15) is 0 Å². The molecule has 148 valence electrons. The van der Waals surface area contributed by atoms with Crippen LogP contribution >= 0.6 is 11.8 Å². The van der Waals surface area contributed by atoms with Crippen LogP contribution < -0.4 is 0 Å². The maximum absolute atomic E-state index is 10.7. The smallest absolute Gasteiger partial charge is 0.192 e. The van der Waals surface area contributed by atoms with E-state index in [0.29, 0.717) is 6.61 Å². The van der Waals surface area contributed by atoms with Crippen LogP contribution in [0.25, 0.3) is 0 Å². The van der Waals surface area contributed by atoms with Crippen LogP contribution in [-0.4, -0.2) is 66.8 Å². The first-order valence-electron chi connectivity index (χ1n) is 8.94. The third-order valence-corrected chi connectivity index (χ3v) is 10.6. The fraction of sp³-hybridized carbons (Fsp3) is 0.889. The van der Waals surface area contributed by atoms with Gasteiger partial charge in [0.1, 0.15) is 29.9 Å². The second kappa shape index (κ2) is 9.35. The molecule has 0 unspecified atom stereocenters. The van der Waals surface area contributed by atoms with E-state index in [4.69, 9.17) is 13.9 Å². The van der Waals surface area contributed by atoms with Crippen molar-refractivity contribution in [2.75, 3.05) is 13.2 Å². The van der Waals surface area contributed by atoms with Crippen molar-refractivity contribution in [2.45, 2.75) is 87.9 Å². The van der Waals surface area contributed by atoms with E-state index in [2.05, 4.69) is 40.4 Å². The molecule has 1 rings (SSSR count). The molecular weight excluding hydrogens is 356 g/mol. The number of thioether (sulfide) groups is 1. The van der Waals surface area contributed by atoms with Crippen LogP contribution in [0.3, 0.4) is 0 Å². The molecule has 5 atom stereocenters. The van der Waals surface area contributed by atoms with Crippen LogP contribution in [-0.2, 0) is 13.9 Å². The molecule has 0 aliphatic carbocycles. The summed E-state index contributed by atoms with van der Waals surface area (Å²) in [5.41, 5.74) is -0.453. The minimum absolute atomic E-state index is 0.0803. The summed E-state index contributed by atoms with van der Waals surface area (Å²) >= 11 is 1.53. The molecule has 5 nitrogen and oxygen atoms in total. The van der Waals surface area contributed by atoms with E-state index in [-0.39, 0.29) is 16.9 Å². The third-order valence-electron chi connectivity index (χ3n) is 4.87. The molecule has 0 aromatic carbocycles. The van der Waals surface area contributed by atoms with Crippen LogP contribution in [0.15, 0.2) is 12.7 Å². The predicted octanol–water partition coefficient (Wildman–Crippen LogP) is 3.17. The van der Waals surface area contributed by atoms with Gasteiger partial charge in [-0.1, -0.05) is 40.7 Å². The summed E-state index contributed by atoms with van der Waals surface area (Å²) in [7, 11) is -1.95. The predicted molar refractivity (Wildman–Crippen MR) is 106 cm³/mol. The molecule has 7 heteroatoms. The average molecular weight is 393 g/mol. The van der Waals surface area contributed by atoms with Gasteiger partial charge in [-0.15, -0.1) is 18.3 Å². The molecule has 0 bridgehead atoms. The van der Waals surface area contributed by atoms with Gasteiger partial charge in [0.05, 0.1) is 13.2 Å². The Morgan fingerprint density at radius 1 is 1.24 bits per heavy atom. The lowest BCUT2D eigenvalue weighted by molar-refractivity contribution is -0.216. The molecule has 0 aromatic heterocycles. The molecule has 1 fully saturated rings. The lowest BCUT2D eigenvalue weighted by Gasteiger charge is -2.44. The maximum Gasteiger partial charge on any atom is 0.192 e. The largest absolute Gasteiger partial charge is 0.414 e. The molecule has 0 saturated carbocycles. The first kappa shape index (κ1) is 23.1. The van der Waals surface area contributed by atoms with Crippen LogP contribution in [0.4, 0.5) is 0 Å². The van der Waals surface area contributed by atoms with Gasteiger partial charge in [0.15, 0.2) is 8.32 Å². The molecule has 2 N–H and O–H groups in total. The SMILES string of the molecule is C=CCO[C@H]1[C@@H](O)[C@@H](CO[Si](C)(C)C(C)(C)C)O[C@@H](SC(C)C)[C@@H]1O. The van der Waals surface area contributed by atoms with Gasteiger partial charge < -0.3 is 24.1 Å². The first-order valence-corrected chi connectivity index (χ1v) is 12.8. The highest BCUT2D eigenvalue weighted by molar-refractivity contribution is 8.00. The van der Waals surface area contributed by atoms with E-state index in [0.717, 1.165) is 0 Å². The zero-order valence-electron chi connectivity index (χ0n) is 16.7. The van der Waals surface area contributed by atoms with Gasteiger partial charge >= 0.3 is 0 Å². The zero-order valence-corrected chi connectivity index (χ0v) is 18.5. The van der Waals surface area contributed by atoms with E-state index in [1.807, 2.05) is 13.8 Å². The van der Waals surface area contributed by atoms with Crippen LogP contribution in [0, 0.1) is 0 Å². The average Bonchev–Trinajstić information content (AvgIpc) is 2.47. The number of rotatable bonds is 8. The summed E-state index contributed by atoms with van der Waals surface area (Å²) in [6.07, 6.45) is -1.46. The second-order valence-corrected chi connectivity index (χ2v) is 14.9. The van der Waals surface area contributed by atoms with E-state index in [1.54, 1.807) is 6.08 Å². The van der Waals surface area contributed by atoms with Crippen molar-refractivity contribution in [3.05, 3.63) is 12.7 Å². The molecule has 0 aromatic rings. The van der Waals surface area contributed by atoms with E-state index in [1.165, 1.54) is 11.8 Å². The van der Waals surface area contributed by atoms with E-state index in [9.17, 15) is 10.2 Å². The van der Waals surface area contributed by atoms with Gasteiger partial charge in [-0.3, -0.25) is 0 Å². The molecule has 1 saturated heterocycles. The Bertz CT molecular complexity index is 424. The Morgan fingerprint density at radius 3 is 2.32 bits per heavy atom. The normalized spacial score (nSPS) is 31.4. The highest BCUT2D eigenvalue weighted by atomic mass is 32.2. The maximum atomic E-state index is 10.7. The topological polar surface area (TPSA) is 68.2 Å². The molecule has 1 aliphatic rings. The van der Waals surface area contributed by atoms with Crippen molar-refractivity contribution in [2.24, 2.45) is 0 Å². The highest BCUT2D eigenvalue weighted by Gasteiger charge is 2.47. The molecular formula is C18H36O5SSi. The summed E-state index contributed by atoms with van der Waals surface area (Å²) < 4.78 is 17.9. The van der Waals surface area contributed by atoms with Gasteiger partial charge in [0, 0.05) is 5.25 Å². The van der Waals surface area contributed by atoms with Crippen LogP contribution in [0.5, 0.6) is 0 Å². The number of aliphatic hydroxyl groups is 2. The fourth-order valence-electron chi connectivity index (χ4n) is 2.30. The summed E-state index contributed by atoms with van der Waals surface area (Å²) in [5.74, 6) is 0. The minimum Gasteiger partial charge on any atom is -0.414 e. The summed E-state index contributed by atoms with van der Waals surface area (Å²) in [4.78, 5) is 0. The summed E-state index contributed by atoms with van der Waals surface area (Å²) in [6, 6.07) is 0. The minimum atomic E-state index is -1.95. The fourth-order valence-corrected chi connectivity index (χ4v) is 4.38. The number of hydrogen-bond acceptors (Lipinski definition) is 6. The van der Waals surface area contributed by atoms with Crippen molar-refractivity contribution in [3.8, 4) is 0 Å². The summed E-state index contributed by atoms with van der Waals surface area (Å²) in [5, 5.41) is 21.6. The Kier molecular flexibility index (Phi) is 8.65. The quantitative estimate of drug-likeness (QED) is 0.488. The van der Waals surface area contributed by atoms with Crippen LogP contribution in [0.1, 0.15) is 34.6 Å². The number of hydrogen-bond donors (Lipinski definition) is 2. The van der Waals surface area contributed by atoms with E-state index < -0.39 is 38.2 Å². The molecule has 0 spiro atoms. The van der Waals surface area contributed by atoms with E-state index >= 15 is 0 Å². The first-order chi connectivity index (χ1) is 11.4. The molecule has 0 radical (unpaired) electrons. The Balaban J connectivity index is 2.87. The molecule has 25 heavy (non-hydrogen) atoms. The second-order valence-electron chi connectivity index (χ2n) is 8.37. The van der Waals surface area contributed by atoms with Crippen molar-refractivity contribution in [1.29, 1.82) is 0 Å². The third kappa shape index (κ3) is 6.34. The molecule has 0 amide bonds. The monoisotopic (exact) mass is 392 g/mol. The van der Waals surface area contributed by atoms with Crippen LogP contribution in [0.2, 0.25) is 18.1 Å². The Hall–Kier alpha value is 0.107. The van der Waals surface area contributed by atoms with Gasteiger partial charge in [0.2, 0.25) is 0 Å². The Labute approximate surface area is 158 Å². The number of aliphatic hydroxyl groups excluding tert-OH is 2. The summed E-state index contributed by atoms with van der Waals surface area (Å²) in [6.45, 7) is 19.2. The van der Waals surface area contributed by atoms with Crippen molar-refractivity contribution >= 4 is 20.1 Å². The number of ether oxygens (including phenoxy) is 2. The van der Waals surface area contributed by atoms with Crippen molar-refractivity contribution in [3.63, 3.8) is 0 Å². The Morgan fingerprint density at radius 2 is 1.84 bits per heavy atom. The van der Waals surface area contributed by atoms with Gasteiger partial charge in [-0.05, 0) is 18.1 Å². The molecule has 1 aliphatic heterocycles. The standard InChI is InChI=1S/C18H36O5SSi/c1-9-10-21-16-14(19)13(11-22-25(7,8)18(4,5)6)23-17(15(16)20)24-12(2)3/h9,12-17,19-20H,1,10-11H2,2-8H3/t13-,14+,15-,16+,17+/m1/s1. The van der Waals surface area contributed by atoms with Gasteiger partial charge in [-0.25, -0.2) is 0 Å².